The summed E-state index contributed by atoms with van der Waals surface area (Å²) in [5, 5.41) is 4.24. The second-order valence-electron chi connectivity index (χ2n) is 7.83. The lowest BCUT2D eigenvalue weighted by molar-refractivity contribution is -0.119. The fraction of sp³-hybridized carbons (Fsp3) is 0.435. The Hall–Kier alpha value is -1.88. The Kier molecular flexibility index (Phi) is 6.30. The SMILES string of the molecule is O=C(C1CC1)N1CCCN(Cc2ccccc2)CCNCc2ccc(Cl)cc21. The maximum absolute atomic E-state index is 13.0. The van der Waals surface area contributed by atoms with E-state index in [2.05, 4.69) is 46.6 Å². The van der Waals surface area contributed by atoms with Gasteiger partial charge in [0.05, 0.1) is 0 Å². The Bertz CT molecular complexity index is 807. The molecule has 0 spiro atoms. The van der Waals surface area contributed by atoms with Gasteiger partial charge in [-0.3, -0.25) is 9.69 Å². The van der Waals surface area contributed by atoms with Crippen molar-refractivity contribution in [2.45, 2.75) is 32.4 Å². The lowest BCUT2D eigenvalue weighted by atomic mass is 10.1. The summed E-state index contributed by atoms with van der Waals surface area (Å²) in [6, 6.07) is 16.5. The molecule has 0 unspecified atom stereocenters. The van der Waals surface area contributed by atoms with Crippen LogP contribution in [0.15, 0.2) is 48.5 Å². The molecule has 0 radical (unpaired) electrons. The van der Waals surface area contributed by atoms with Crippen LogP contribution >= 0.6 is 11.6 Å². The highest BCUT2D eigenvalue weighted by molar-refractivity contribution is 6.31. The van der Waals surface area contributed by atoms with E-state index in [1.807, 2.05) is 17.0 Å². The fourth-order valence-corrected chi connectivity index (χ4v) is 4.03. The molecule has 28 heavy (non-hydrogen) atoms. The van der Waals surface area contributed by atoms with Crippen LogP contribution in [0.1, 0.15) is 30.4 Å². The number of anilines is 1. The third-order valence-electron chi connectivity index (χ3n) is 5.56. The second-order valence-corrected chi connectivity index (χ2v) is 8.27. The largest absolute Gasteiger partial charge is 0.312 e. The average Bonchev–Trinajstić information content (AvgIpc) is 3.54. The van der Waals surface area contributed by atoms with E-state index in [-0.39, 0.29) is 11.8 Å². The summed E-state index contributed by atoms with van der Waals surface area (Å²) in [4.78, 5) is 17.5. The molecule has 1 fully saturated rings. The van der Waals surface area contributed by atoms with Gasteiger partial charge >= 0.3 is 0 Å². The standard InChI is InChI=1S/C23H28ClN3O/c24-21-10-9-20-16-25-11-14-26(17-18-5-2-1-3-6-18)12-4-13-27(22(20)15-21)23(28)19-7-8-19/h1-3,5-6,9-10,15,19,25H,4,7-8,11-14,16-17H2. The monoisotopic (exact) mass is 397 g/mol. The number of hydrogen-bond donors (Lipinski definition) is 1. The number of fused-ring (bicyclic) bond motifs is 1. The summed E-state index contributed by atoms with van der Waals surface area (Å²) in [7, 11) is 0. The highest BCUT2D eigenvalue weighted by Gasteiger charge is 2.34. The predicted octanol–water partition coefficient (Wildman–Crippen LogP) is 4.08. The van der Waals surface area contributed by atoms with E-state index < -0.39 is 0 Å². The maximum Gasteiger partial charge on any atom is 0.230 e. The van der Waals surface area contributed by atoms with Gasteiger partial charge in [0.2, 0.25) is 5.91 Å². The lowest BCUT2D eigenvalue weighted by Crippen LogP contribution is -2.36. The van der Waals surface area contributed by atoms with Crippen molar-refractivity contribution in [2.24, 2.45) is 5.92 Å². The van der Waals surface area contributed by atoms with Crippen LogP contribution in [0.5, 0.6) is 0 Å². The molecular weight excluding hydrogens is 370 g/mol. The van der Waals surface area contributed by atoms with Gasteiger partial charge in [0.15, 0.2) is 0 Å². The van der Waals surface area contributed by atoms with E-state index >= 15 is 0 Å². The molecule has 1 saturated carbocycles. The number of carbonyl (C=O) groups is 1. The summed E-state index contributed by atoms with van der Waals surface area (Å²) >= 11 is 6.29. The number of carbonyl (C=O) groups excluding carboxylic acids is 1. The van der Waals surface area contributed by atoms with Gasteiger partial charge in [0.1, 0.15) is 0 Å². The van der Waals surface area contributed by atoms with Gasteiger partial charge in [-0.15, -0.1) is 0 Å². The summed E-state index contributed by atoms with van der Waals surface area (Å²) in [5.74, 6) is 0.461. The number of nitrogens with zero attached hydrogens (tertiary/aromatic N) is 2. The first-order chi connectivity index (χ1) is 13.7. The molecule has 0 atom stereocenters. The molecule has 1 heterocycles. The molecule has 2 aliphatic rings. The van der Waals surface area contributed by atoms with E-state index in [0.29, 0.717) is 5.02 Å². The molecule has 0 saturated heterocycles. The molecule has 0 aromatic heterocycles. The van der Waals surface area contributed by atoms with Crippen molar-refractivity contribution >= 4 is 23.2 Å². The predicted molar refractivity (Wildman–Crippen MR) is 115 cm³/mol. The molecule has 0 bridgehead atoms. The third-order valence-corrected chi connectivity index (χ3v) is 5.79. The molecule has 1 aliphatic carbocycles. The van der Waals surface area contributed by atoms with E-state index in [1.54, 1.807) is 0 Å². The number of benzene rings is 2. The van der Waals surface area contributed by atoms with Crippen LogP contribution in [0.4, 0.5) is 5.69 Å². The average molecular weight is 398 g/mol. The van der Waals surface area contributed by atoms with Crippen molar-refractivity contribution in [3.05, 3.63) is 64.7 Å². The number of halogens is 1. The topological polar surface area (TPSA) is 35.6 Å². The minimum Gasteiger partial charge on any atom is -0.312 e. The van der Waals surface area contributed by atoms with Gasteiger partial charge in [-0.25, -0.2) is 0 Å². The van der Waals surface area contributed by atoms with Crippen molar-refractivity contribution in [3.8, 4) is 0 Å². The van der Waals surface area contributed by atoms with Crippen LogP contribution in [-0.4, -0.2) is 37.0 Å². The summed E-state index contributed by atoms with van der Waals surface area (Å²) in [6.45, 7) is 5.33. The Morgan fingerprint density at radius 3 is 2.68 bits per heavy atom. The third kappa shape index (κ3) is 4.93. The van der Waals surface area contributed by atoms with Crippen molar-refractivity contribution < 1.29 is 4.79 Å². The van der Waals surface area contributed by atoms with E-state index in [0.717, 1.165) is 69.8 Å². The van der Waals surface area contributed by atoms with Gasteiger partial charge in [-0.1, -0.05) is 48.0 Å². The highest BCUT2D eigenvalue weighted by Crippen LogP contribution is 2.35. The maximum atomic E-state index is 13.0. The molecule has 4 rings (SSSR count). The Morgan fingerprint density at radius 2 is 1.89 bits per heavy atom. The summed E-state index contributed by atoms with van der Waals surface area (Å²) in [6.07, 6.45) is 2.99. The van der Waals surface area contributed by atoms with Crippen molar-refractivity contribution in [1.29, 1.82) is 0 Å². The minimum atomic E-state index is 0.199. The molecule has 1 aliphatic heterocycles. The molecule has 148 valence electrons. The van der Waals surface area contributed by atoms with Crippen LogP contribution in [-0.2, 0) is 17.9 Å². The van der Waals surface area contributed by atoms with Gasteiger partial charge in [0.25, 0.3) is 0 Å². The molecule has 1 N–H and O–H groups in total. The zero-order valence-electron chi connectivity index (χ0n) is 16.2. The van der Waals surface area contributed by atoms with E-state index in [1.165, 1.54) is 5.56 Å². The molecular formula is C23H28ClN3O. The van der Waals surface area contributed by atoms with Gasteiger partial charge < -0.3 is 10.2 Å². The first-order valence-electron chi connectivity index (χ1n) is 10.3. The van der Waals surface area contributed by atoms with E-state index in [4.69, 9.17) is 11.6 Å². The van der Waals surface area contributed by atoms with Gasteiger partial charge in [-0.2, -0.15) is 0 Å². The minimum absolute atomic E-state index is 0.199. The van der Waals surface area contributed by atoms with Gasteiger partial charge in [0, 0.05) is 55.9 Å². The van der Waals surface area contributed by atoms with E-state index in [9.17, 15) is 4.79 Å². The van der Waals surface area contributed by atoms with Crippen LogP contribution in [0.2, 0.25) is 5.02 Å². The van der Waals surface area contributed by atoms with Gasteiger partial charge in [-0.05, 0) is 42.5 Å². The lowest BCUT2D eigenvalue weighted by Gasteiger charge is -2.27. The molecule has 5 heteroatoms. The summed E-state index contributed by atoms with van der Waals surface area (Å²) < 4.78 is 0. The van der Waals surface area contributed by atoms with Crippen molar-refractivity contribution in [1.82, 2.24) is 10.2 Å². The fourth-order valence-electron chi connectivity index (χ4n) is 3.86. The van der Waals surface area contributed by atoms with Crippen LogP contribution < -0.4 is 10.2 Å². The Morgan fingerprint density at radius 1 is 1.07 bits per heavy atom. The first kappa shape index (κ1) is 19.4. The normalized spacial score (nSPS) is 19.0. The Labute approximate surface area is 172 Å². The number of hydrogen-bond acceptors (Lipinski definition) is 3. The zero-order chi connectivity index (χ0) is 19.3. The van der Waals surface area contributed by atoms with Crippen LogP contribution in [0.25, 0.3) is 0 Å². The smallest absolute Gasteiger partial charge is 0.230 e. The Balaban J connectivity index is 1.52. The van der Waals surface area contributed by atoms with Crippen molar-refractivity contribution in [3.63, 3.8) is 0 Å². The zero-order valence-corrected chi connectivity index (χ0v) is 17.0. The first-order valence-corrected chi connectivity index (χ1v) is 10.7. The quantitative estimate of drug-likeness (QED) is 0.847. The van der Waals surface area contributed by atoms with Crippen LogP contribution in [0.3, 0.4) is 0 Å². The molecule has 2 aromatic carbocycles. The molecule has 2 aromatic rings. The van der Waals surface area contributed by atoms with Crippen LogP contribution in [0, 0.1) is 5.92 Å². The number of nitrogens with one attached hydrogen (secondary N) is 1. The van der Waals surface area contributed by atoms with Crippen molar-refractivity contribution in [2.75, 3.05) is 31.1 Å². The molecule has 4 nitrogen and oxygen atoms in total. The summed E-state index contributed by atoms with van der Waals surface area (Å²) in [5.41, 5.74) is 3.46. The number of amides is 1. The number of rotatable bonds is 3. The highest BCUT2D eigenvalue weighted by atomic mass is 35.5. The second kappa shape index (κ2) is 9.08. The molecule has 1 amide bonds.